The molecule has 0 unspecified atom stereocenters. The van der Waals surface area contributed by atoms with Gasteiger partial charge in [0.25, 0.3) is 5.91 Å². The molecule has 0 aliphatic carbocycles. The molecule has 1 fully saturated rings. The first-order valence-electron chi connectivity index (χ1n) is 9.23. The van der Waals surface area contributed by atoms with Gasteiger partial charge < -0.3 is 0 Å². The number of hydrogen-bond donors (Lipinski definition) is 0. The van der Waals surface area contributed by atoms with Gasteiger partial charge in [0.2, 0.25) is 0 Å². The van der Waals surface area contributed by atoms with E-state index in [4.69, 9.17) is 0 Å². The van der Waals surface area contributed by atoms with Crippen molar-refractivity contribution in [2.45, 2.75) is 25.3 Å². The van der Waals surface area contributed by atoms with Crippen LogP contribution in [0.25, 0.3) is 0 Å². The van der Waals surface area contributed by atoms with Crippen LogP contribution in [0.4, 0.5) is 8.78 Å². The third-order valence-electron chi connectivity index (χ3n) is 5.16. The number of carbonyl (C=O) groups excluding carboxylic acids is 1. The molecule has 27 heavy (non-hydrogen) atoms. The van der Waals surface area contributed by atoms with Crippen LogP contribution in [0.5, 0.6) is 0 Å². The lowest BCUT2D eigenvalue weighted by Crippen LogP contribution is -2.36. The first-order valence-corrected chi connectivity index (χ1v) is 9.23. The van der Waals surface area contributed by atoms with Gasteiger partial charge in [-0.15, -0.1) is 0 Å². The fourth-order valence-corrected chi connectivity index (χ4v) is 3.71. The third kappa shape index (κ3) is 3.90. The summed E-state index contributed by atoms with van der Waals surface area (Å²) in [7, 11) is 0. The Morgan fingerprint density at radius 3 is 2.19 bits per heavy atom. The van der Waals surface area contributed by atoms with E-state index in [1.807, 2.05) is 0 Å². The van der Waals surface area contributed by atoms with Gasteiger partial charge in [-0.1, -0.05) is 24.3 Å². The maximum Gasteiger partial charge on any atom is 0.257 e. The number of halogens is 2. The highest BCUT2D eigenvalue weighted by molar-refractivity contribution is 6.03. The molecule has 1 saturated heterocycles. The van der Waals surface area contributed by atoms with Crippen LogP contribution in [0.15, 0.2) is 53.6 Å². The van der Waals surface area contributed by atoms with Gasteiger partial charge >= 0.3 is 0 Å². The molecule has 2 aliphatic rings. The summed E-state index contributed by atoms with van der Waals surface area (Å²) in [6.45, 7) is 2.18. The van der Waals surface area contributed by atoms with E-state index in [0.29, 0.717) is 13.0 Å². The Kier molecular flexibility index (Phi) is 4.99. The van der Waals surface area contributed by atoms with Crippen molar-refractivity contribution in [1.82, 2.24) is 9.91 Å². The quantitative estimate of drug-likeness (QED) is 0.823. The zero-order valence-electron chi connectivity index (χ0n) is 14.9. The summed E-state index contributed by atoms with van der Waals surface area (Å²) in [5.74, 6) is -0.691. The highest BCUT2D eigenvalue weighted by Gasteiger charge is 2.34. The predicted molar refractivity (Wildman–Crippen MR) is 99.2 cm³/mol. The van der Waals surface area contributed by atoms with Gasteiger partial charge in [-0.05, 0) is 61.3 Å². The highest BCUT2D eigenvalue weighted by atomic mass is 19.1. The lowest BCUT2D eigenvalue weighted by molar-refractivity contribution is -0.134. The second-order valence-electron chi connectivity index (χ2n) is 7.05. The molecule has 0 bridgehead atoms. The van der Waals surface area contributed by atoms with Crippen molar-refractivity contribution < 1.29 is 13.6 Å². The lowest BCUT2D eigenvalue weighted by atomic mass is 9.98. The summed E-state index contributed by atoms with van der Waals surface area (Å²) < 4.78 is 26.6. The van der Waals surface area contributed by atoms with Crippen molar-refractivity contribution in [1.29, 1.82) is 0 Å². The van der Waals surface area contributed by atoms with E-state index >= 15 is 0 Å². The molecule has 0 spiro atoms. The summed E-state index contributed by atoms with van der Waals surface area (Å²) in [6, 6.07) is 12.0. The van der Waals surface area contributed by atoms with Gasteiger partial charge in [0.05, 0.1) is 18.3 Å². The van der Waals surface area contributed by atoms with E-state index in [1.165, 1.54) is 29.3 Å². The number of carbonyl (C=O) groups is 1. The molecule has 0 saturated carbocycles. The molecule has 2 heterocycles. The van der Waals surface area contributed by atoms with Crippen LogP contribution in [-0.2, 0) is 4.79 Å². The molecule has 0 N–H and O–H groups in total. The smallest absolute Gasteiger partial charge is 0.257 e. The number of nitrogens with zero attached hydrogens (tertiary/aromatic N) is 3. The minimum absolute atomic E-state index is 0.0664. The summed E-state index contributed by atoms with van der Waals surface area (Å²) in [5.41, 5.74) is 2.37. The topological polar surface area (TPSA) is 35.9 Å². The minimum atomic E-state index is -0.314. The second-order valence-corrected chi connectivity index (χ2v) is 7.05. The van der Waals surface area contributed by atoms with Gasteiger partial charge in [-0.3, -0.25) is 9.69 Å². The van der Waals surface area contributed by atoms with Gasteiger partial charge in [0.15, 0.2) is 0 Å². The van der Waals surface area contributed by atoms with Crippen molar-refractivity contribution in [3.63, 3.8) is 0 Å². The first kappa shape index (κ1) is 17.8. The summed E-state index contributed by atoms with van der Waals surface area (Å²) in [4.78, 5) is 15.1. The Bertz CT molecular complexity index is 843. The van der Waals surface area contributed by atoms with Gasteiger partial charge in [-0.25, -0.2) is 13.8 Å². The number of amides is 1. The molecule has 1 amide bonds. The average Bonchev–Trinajstić information content (AvgIpc) is 3.33. The van der Waals surface area contributed by atoms with Gasteiger partial charge in [-0.2, -0.15) is 5.10 Å². The van der Waals surface area contributed by atoms with Crippen LogP contribution < -0.4 is 0 Å². The number of hydrazone groups is 1. The molecule has 6 heteroatoms. The molecular formula is C21H21F2N3O. The first-order chi connectivity index (χ1) is 13.1. The van der Waals surface area contributed by atoms with Crippen molar-refractivity contribution in [2.75, 3.05) is 19.6 Å². The largest absolute Gasteiger partial charge is 0.294 e. The Balaban J connectivity index is 1.61. The van der Waals surface area contributed by atoms with Crippen molar-refractivity contribution in [3.05, 3.63) is 71.3 Å². The molecule has 0 aromatic heterocycles. The maximum atomic E-state index is 13.3. The Morgan fingerprint density at radius 1 is 0.963 bits per heavy atom. The minimum Gasteiger partial charge on any atom is -0.294 e. The molecule has 2 aromatic rings. The van der Waals surface area contributed by atoms with E-state index in [-0.39, 0.29) is 23.6 Å². The van der Waals surface area contributed by atoms with Crippen LogP contribution in [0, 0.1) is 11.6 Å². The van der Waals surface area contributed by atoms with Crippen LogP contribution >= 0.6 is 0 Å². The number of hydrogen-bond acceptors (Lipinski definition) is 3. The maximum absolute atomic E-state index is 13.3. The zero-order valence-corrected chi connectivity index (χ0v) is 14.9. The SMILES string of the molecule is O=C(CN1CCCC1)N1N=C(c2ccc(F)cc2)C[C@@H]1c1ccc(F)cc1. The number of likely N-dealkylation sites (tertiary alicyclic amines) is 1. The Morgan fingerprint density at radius 2 is 1.56 bits per heavy atom. The zero-order chi connectivity index (χ0) is 18.8. The van der Waals surface area contributed by atoms with E-state index < -0.39 is 0 Å². The molecule has 2 aliphatic heterocycles. The molecule has 140 valence electrons. The van der Waals surface area contributed by atoms with Gasteiger partial charge in [0.1, 0.15) is 11.6 Å². The van der Waals surface area contributed by atoms with E-state index in [2.05, 4.69) is 10.0 Å². The Labute approximate surface area is 157 Å². The molecule has 0 radical (unpaired) electrons. The van der Waals surface area contributed by atoms with Gasteiger partial charge in [0, 0.05) is 6.42 Å². The monoisotopic (exact) mass is 369 g/mol. The molecular weight excluding hydrogens is 348 g/mol. The van der Waals surface area contributed by atoms with Crippen molar-refractivity contribution in [2.24, 2.45) is 5.10 Å². The molecule has 4 rings (SSSR count). The third-order valence-corrected chi connectivity index (χ3v) is 5.16. The second kappa shape index (κ2) is 7.56. The average molecular weight is 369 g/mol. The molecule has 1 atom stereocenters. The van der Waals surface area contributed by atoms with Crippen molar-refractivity contribution in [3.8, 4) is 0 Å². The number of rotatable bonds is 4. The number of benzene rings is 2. The summed E-state index contributed by atoms with van der Waals surface area (Å²) >= 11 is 0. The Hall–Kier alpha value is -2.60. The molecule has 2 aromatic carbocycles. The summed E-state index contributed by atoms with van der Waals surface area (Å²) in [5, 5.41) is 6.09. The fourth-order valence-electron chi connectivity index (χ4n) is 3.71. The van der Waals surface area contributed by atoms with E-state index in [1.54, 1.807) is 24.3 Å². The van der Waals surface area contributed by atoms with E-state index in [0.717, 1.165) is 42.8 Å². The van der Waals surface area contributed by atoms with Crippen LogP contribution in [0.2, 0.25) is 0 Å². The highest BCUT2D eigenvalue weighted by Crippen LogP contribution is 2.33. The van der Waals surface area contributed by atoms with Crippen LogP contribution in [-0.4, -0.2) is 41.2 Å². The normalized spacial score (nSPS) is 20.1. The fraction of sp³-hybridized carbons (Fsp3) is 0.333. The summed E-state index contributed by atoms with van der Waals surface area (Å²) in [6.07, 6.45) is 2.74. The predicted octanol–water partition coefficient (Wildman–Crippen LogP) is 3.74. The van der Waals surface area contributed by atoms with Crippen molar-refractivity contribution >= 4 is 11.6 Å². The van der Waals surface area contributed by atoms with E-state index in [9.17, 15) is 13.6 Å². The molecule has 4 nitrogen and oxygen atoms in total. The lowest BCUT2D eigenvalue weighted by Gasteiger charge is -2.24. The van der Waals surface area contributed by atoms with Crippen LogP contribution in [0.1, 0.15) is 36.4 Å². The standard InChI is InChI=1S/C21H21F2N3O/c22-17-7-3-15(4-8-17)19-13-20(16-5-9-18(23)10-6-16)26(24-19)21(27)14-25-11-1-2-12-25/h3-10,20H,1-2,11-14H2/t20-/m1/s1. The van der Waals surface area contributed by atoms with Crippen LogP contribution in [0.3, 0.4) is 0 Å².